The van der Waals surface area contributed by atoms with Crippen molar-refractivity contribution in [2.45, 2.75) is 19.4 Å². The molecule has 1 saturated heterocycles. The SMILES string of the molecule is CCc1nccn1C1CNC1. The summed E-state index contributed by atoms with van der Waals surface area (Å²) in [7, 11) is 0. The highest BCUT2D eigenvalue weighted by Gasteiger charge is 2.19. The molecule has 0 spiro atoms. The van der Waals surface area contributed by atoms with Gasteiger partial charge >= 0.3 is 0 Å². The van der Waals surface area contributed by atoms with Crippen LogP contribution in [0.1, 0.15) is 18.8 Å². The molecule has 3 heteroatoms. The summed E-state index contributed by atoms with van der Waals surface area (Å²) in [5.41, 5.74) is 0. The van der Waals surface area contributed by atoms with E-state index in [-0.39, 0.29) is 0 Å². The van der Waals surface area contributed by atoms with Gasteiger partial charge in [0.25, 0.3) is 0 Å². The Kier molecular flexibility index (Phi) is 1.66. The fourth-order valence-corrected chi connectivity index (χ4v) is 1.42. The molecule has 0 aromatic carbocycles. The molecule has 1 aliphatic rings. The number of aromatic nitrogens is 2. The summed E-state index contributed by atoms with van der Waals surface area (Å²) in [5, 5.41) is 3.25. The van der Waals surface area contributed by atoms with E-state index in [1.54, 1.807) is 0 Å². The molecule has 11 heavy (non-hydrogen) atoms. The molecule has 0 saturated carbocycles. The van der Waals surface area contributed by atoms with Gasteiger partial charge in [0.1, 0.15) is 5.82 Å². The predicted molar refractivity (Wildman–Crippen MR) is 43.5 cm³/mol. The van der Waals surface area contributed by atoms with Gasteiger partial charge in [-0.2, -0.15) is 0 Å². The number of nitrogens with one attached hydrogen (secondary N) is 1. The zero-order chi connectivity index (χ0) is 7.68. The molecule has 0 atom stereocenters. The van der Waals surface area contributed by atoms with Crippen molar-refractivity contribution in [3.63, 3.8) is 0 Å². The van der Waals surface area contributed by atoms with Gasteiger partial charge in [-0.3, -0.25) is 0 Å². The van der Waals surface area contributed by atoms with Crippen molar-refractivity contribution in [1.82, 2.24) is 14.9 Å². The maximum Gasteiger partial charge on any atom is 0.108 e. The van der Waals surface area contributed by atoms with Gasteiger partial charge in [0.2, 0.25) is 0 Å². The highest BCUT2D eigenvalue weighted by Crippen LogP contribution is 2.13. The molecule has 2 rings (SSSR count). The van der Waals surface area contributed by atoms with Gasteiger partial charge in [-0.1, -0.05) is 6.92 Å². The molecule has 1 aliphatic heterocycles. The van der Waals surface area contributed by atoms with E-state index in [0.717, 1.165) is 19.5 Å². The van der Waals surface area contributed by atoms with Crippen LogP contribution in [0.4, 0.5) is 0 Å². The van der Waals surface area contributed by atoms with E-state index < -0.39 is 0 Å². The lowest BCUT2D eigenvalue weighted by molar-refractivity contribution is 0.336. The number of hydrogen-bond donors (Lipinski definition) is 1. The van der Waals surface area contributed by atoms with Gasteiger partial charge in [-0.15, -0.1) is 0 Å². The second kappa shape index (κ2) is 2.66. The lowest BCUT2D eigenvalue weighted by Gasteiger charge is -2.29. The van der Waals surface area contributed by atoms with Crippen molar-refractivity contribution in [3.8, 4) is 0 Å². The molecule has 0 aliphatic carbocycles. The zero-order valence-electron chi connectivity index (χ0n) is 6.75. The summed E-state index contributed by atoms with van der Waals surface area (Å²) < 4.78 is 2.27. The lowest BCUT2D eigenvalue weighted by atomic mass is 10.2. The third kappa shape index (κ3) is 1.05. The molecule has 0 radical (unpaired) electrons. The van der Waals surface area contributed by atoms with E-state index in [0.29, 0.717) is 6.04 Å². The fourth-order valence-electron chi connectivity index (χ4n) is 1.42. The summed E-state index contributed by atoms with van der Waals surface area (Å²) in [6.07, 6.45) is 4.99. The highest BCUT2D eigenvalue weighted by atomic mass is 15.2. The monoisotopic (exact) mass is 151 g/mol. The van der Waals surface area contributed by atoms with Crippen molar-refractivity contribution < 1.29 is 0 Å². The molecule has 0 amide bonds. The first-order valence-corrected chi connectivity index (χ1v) is 4.14. The third-order valence-corrected chi connectivity index (χ3v) is 2.22. The number of imidazole rings is 1. The van der Waals surface area contributed by atoms with Crippen LogP contribution in [0.25, 0.3) is 0 Å². The Morgan fingerprint density at radius 1 is 1.73 bits per heavy atom. The molecule has 1 aromatic heterocycles. The van der Waals surface area contributed by atoms with Crippen LogP contribution in [0, 0.1) is 0 Å². The number of nitrogens with zero attached hydrogens (tertiary/aromatic N) is 2. The Balaban J connectivity index is 2.20. The van der Waals surface area contributed by atoms with Crippen LogP contribution in [-0.2, 0) is 6.42 Å². The zero-order valence-corrected chi connectivity index (χ0v) is 6.75. The lowest BCUT2D eigenvalue weighted by Crippen LogP contribution is -2.43. The standard InChI is InChI=1S/C8H13N3/c1-2-8-10-3-4-11(8)7-5-9-6-7/h3-4,7,9H,2,5-6H2,1H3. The fraction of sp³-hybridized carbons (Fsp3) is 0.625. The van der Waals surface area contributed by atoms with Crippen molar-refractivity contribution in [2.75, 3.05) is 13.1 Å². The van der Waals surface area contributed by atoms with Crippen molar-refractivity contribution in [2.24, 2.45) is 0 Å². The Labute approximate surface area is 66.4 Å². The van der Waals surface area contributed by atoms with Crippen molar-refractivity contribution in [3.05, 3.63) is 18.2 Å². The van der Waals surface area contributed by atoms with Crippen LogP contribution in [0.15, 0.2) is 12.4 Å². The highest BCUT2D eigenvalue weighted by molar-refractivity contribution is 4.98. The predicted octanol–water partition coefficient (Wildman–Crippen LogP) is 0.590. The normalized spacial score (nSPS) is 18.3. The van der Waals surface area contributed by atoms with Crippen molar-refractivity contribution in [1.29, 1.82) is 0 Å². The summed E-state index contributed by atoms with van der Waals surface area (Å²) in [4.78, 5) is 4.27. The molecule has 2 heterocycles. The van der Waals surface area contributed by atoms with E-state index in [1.807, 2.05) is 6.20 Å². The van der Waals surface area contributed by atoms with E-state index in [4.69, 9.17) is 0 Å². The molecule has 1 fully saturated rings. The van der Waals surface area contributed by atoms with Crippen LogP contribution in [0.5, 0.6) is 0 Å². The van der Waals surface area contributed by atoms with Gasteiger partial charge in [0, 0.05) is 31.9 Å². The second-order valence-electron chi connectivity index (χ2n) is 2.92. The van der Waals surface area contributed by atoms with Crippen molar-refractivity contribution >= 4 is 0 Å². The minimum atomic E-state index is 0.660. The Bertz CT molecular complexity index is 237. The summed E-state index contributed by atoms with van der Waals surface area (Å²) in [6, 6.07) is 0.660. The smallest absolute Gasteiger partial charge is 0.108 e. The summed E-state index contributed by atoms with van der Waals surface area (Å²) >= 11 is 0. The average molecular weight is 151 g/mol. The Hall–Kier alpha value is -0.830. The summed E-state index contributed by atoms with van der Waals surface area (Å²) in [5.74, 6) is 1.21. The molecule has 60 valence electrons. The largest absolute Gasteiger partial charge is 0.329 e. The molecular formula is C8H13N3. The van der Waals surface area contributed by atoms with Crippen LogP contribution >= 0.6 is 0 Å². The minimum Gasteiger partial charge on any atom is -0.329 e. The Morgan fingerprint density at radius 2 is 2.55 bits per heavy atom. The molecule has 1 aromatic rings. The molecule has 3 nitrogen and oxygen atoms in total. The molecule has 0 bridgehead atoms. The Morgan fingerprint density at radius 3 is 3.09 bits per heavy atom. The average Bonchev–Trinajstić information content (AvgIpc) is 2.32. The van der Waals surface area contributed by atoms with Gasteiger partial charge in [-0.25, -0.2) is 4.98 Å². The van der Waals surface area contributed by atoms with E-state index >= 15 is 0 Å². The van der Waals surface area contributed by atoms with Crippen LogP contribution in [0.3, 0.4) is 0 Å². The van der Waals surface area contributed by atoms with Crippen LogP contribution in [-0.4, -0.2) is 22.6 Å². The minimum absolute atomic E-state index is 0.660. The topological polar surface area (TPSA) is 29.9 Å². The van der Waals surface area contributed by atoms with Crippen LogP contribution < -0.4 is 5.32 Å². The van der Waals surface area contributed by atoms with Gasteiger partial charge in [0.05, 0.1) is 6.04 Å². The quantitative estimate of drug-likeness (QED) is 0.670. The van der Waals surface area contributed by atoms with E-state index in [9.17, 15) is 0 Å². The first kappa shape index (κ1) is 6.85. The third-order valence-electron chi connectivity index (χ3n) is 2.22. The first-order chi connectivity index (χ1) is 5.42. The summed E-state index contributed by atoms with van der Waals surface area (Å²) in [6.45, 7) is 4.34. The van der Waals surface area contributed by atoms with Gasteiger partial charge < -0.3 is 9.88 Å². The molecule has 0 unspecified atom stereocenters. The second-order valence-corrected chi connectivity index (χ2v) is 2.92. The first-order valence-electron chi connectivity index (χ1n) is 4.14. The molecular weight excluding hydrogens is 138 g/mol. The van der Waals surface area contributed by atoms with Gasteiger partial charge in [0.15, 0.2) is 0 Å². The number of rotatable bonds is 2. The van der Waals surface area contributed by atoms with Crippen LogP contribution in [0.2, 0.25) is 0 Å². The van der Waals surface area contributed by atoms with E-state index in [1.165, 1.54) is 5.82 Å². The molecule has 1 N–H and O–H groups in total. The maximum absolute atomic E-state index is 4.27. The number of aryl methyl sites for hydroxylation is 1. The van der Waals surface area contributed by atoms with E-state index in [2.05, 4.69) is 28.0 Å². The number of hydrogen-bond acceptors (Lipinski definition) is 2. The maximum atomic E-state index is 4.27. The van der Waals surface area contributed by atoms with Gasteiger partial charge in [-0.05, 0) is 0 Å².